The van der Waals surface area contributed by atoms with Crippen LogP contribution >= 0.6 is 11.8 Å². The van der Waals surface area contributed by atoms with E-state index >= 15 is 0 Å². The third-order valence-corrected chi connectivity index (χ3v) is 12.7. The Kier molecular flexibility index (Phi) is 7.22. The summed E-state index contributed by atoms with van der Waals surface area (Å²) in [4.78, 5) is 17.4. The number of allylic oxidation sites excluding steroid dienone is 3. The maximum Gasteiger partial charge on any atom is 0.165 e. The molecule has 0 fully saturated rings. The normalized spacial score (nSPS) is 16.0. The summed E-state index contributed by atoms with van der Waals surface area (Å²) >= 11 is 1.91. The van der Waals surface area contributed by atoms with Crippen molar-refractivity contribution < 1.29 is 8.83 Å². The van der Waals surface area contributed by atoms with Gasteiger partial charge in [0, 0.05) is 54.3 Å². The van der Waals surface area contributed by atoms with Crippen molar-refractivity contribution >= 4 is 61.2 Å². The lowest BCUT2D eigenvalue weighted by Gasteiger charge is -2.19. The van der Waals surface area contributed by atoms with Crippen molar-refractivity contribution in [2.45, 2.75) is 16.1 Å². The van der Waals surface area contributed by atoms with Gasteiger partial charge in [0.2, 0.25) is 0 Å². The Bertz CT molecular complexity index is 3290. The van der Waals surface area contributed by atoms with E-state index in [0.717, 1.165) is 82.8 Å². The summed E-state index contributed by atoms with van der Waals surface area (Å²) < 4.78 is 12.9. The summed E-state index contributed by atoms with van der Waals surface area (Å²) in [6.45, 7) is 0. The quantitative estimate of drug-likeness (QED) is 0.175. The molecular formula is C51H31N3O2S. The highest BCUT2D eigenvalue weighted by atomic mass is 32.2. The van der Waals surface area contributed by atoms with Crippen molar-refractivity contribution in [2.24, 2.45) is 0 Å². The van der Waals surface area contributed by atoms with Gasteiger partial charge in [-0.3, -0.25) is 0 Å². The second-order valence-corrected chi connectivity index (χ2v) is 15.8. The SMILES string of the molecule is C1=CC2c3ccccc3SC2C=C1c1nc(-c2ccc(-c3ccccc3)cc2)nc(-c2c(-c3cccc4oc5ccccc5c34)ccc3oc4ccccc4c23)n1. The summed E-state index contributed by atoms with van der Waals surface area (Å²) in [5, 5.41) is 4.33. The molecule has 3 aromatic heterocycles. The summed E-state index contributed by atoms with van der Waals surface area (Å²) in [6.07, 6.45) is 6.85. The number of nitrogens with zero attached hydrogens (tertiary/aromatic N) is 3. The topological polar surface area (TPSA) is 65.0 Å². The first-order valence-electron chi connectivity index (χ1n) is 19.2. The zero-order valence-electron chi connectivity index (χ0n) is 30.5. The van der Waals surface area contributed by atoms with Gasteiger partial charge in [-0.1, -0.05) is 140 Å². The highest BCUT2D eigenvalue weighted by Crippen LogP contribution is 2.50. The molecule has 1 aliphatic heterocycles. The van der Waals surface area contributed by atoms with E-state index in [1.807, 2.05) is 48.2 Å². The number of furan rings is 2. The van der Waals surface area contributed by atoms with E-state index in [9.17, 15) is 0 Å². The van der Waals surface area contributed by atoms with E-state index in [-0.39, 0.29) is 5.25 Å². The first-order chi connectivity index (χ1) is 28.2. The molecule has 0 saturated heterocycles. The predicted molar refractivity (Wildman–Crippen MR) is 232 cm³/mol. The molecule has 0 N–H and O–H groups in total. The molecule has 268 valence electrons. The van der Waals surface area contributed by atoms with Gasteiger partial charge in [-0.15, -0.1) is 11.8 Å². The number of rotatable bonds is 5. The molecule has 2 unspecified atom stereocenters. The van der Waals surface area contributed by atoms with Gasteiger partial charge in [0.25, 0.3) is 0 Å². The van der Waals surface area contributed by atoms with E-state index in [1.54, 1.807) is 0 Å². The van der Waals surface area contributed by atoms with Crippen LogP contribution in [0.25, 0.3) is 94.5 Å². The summed E-state index contributed by atoms with van der Waals surface area (Å²) in [6, 6.07) is 54.6. The maximum absolute atomic E-state index is 6.53. The number of hydrogen-bond acceptors (Lipinski definition) is 6. The molecule has 2 aliphatic rings. The predicted octanol–water partition coefficient (Wildman–Crippen LogP) is 13.5. The van der Waals surface area contributed by atoms with Crippen LogP contribution in [0.4, 0.5) is 0 Å². The Labute approximate surface area is 332 Å². The Morgan fingerprint density at radius 1 is 0.456 bits per heavy atom. The van der Waals surface area contributed by atoms with E-state index < -0.39 is 0 Å². The van der Waals surface area contributed by atoms with Gasteiger partial charge in [-0.05, 0) is 64.2 Å². The van der Waals surface area contributed by atoms with Crippen LogP contribution in [0.3, 0.4) is 0 Å². The number of fused-ring (bicyclic) bond motifs is 9. The zero-order chi connectivity index (χ0) is 37.5. The molecule has 0 bridgehead atoms. The molecule has 1 aliphatic carbocycles. The standard InChI is InChI=1S/C51H31N3O2S/c1-2-11-30(12-3-1)31-21-23-32(24-22-31)49-52-50(33-25-26-35-34-13-6-9-20-44(34)57-45(35)29-33)54-51(53-49)48-37(27-28-43-47(48)39-15-5-8-18-41(39)56-43)36-16-10-19-42-46(36)38-14-4-7-17-40(38)55-42/h1-29,35,45H. The molecule has 10 aromatic rings. The number of aromatic nitrogens is 3. The third-order valence-electron chi connectivity index (χ3n) is 11.3. The first kappa shape index (κ1) is 32.2. The molecule has 0 amide bonds. The lowest BCUT2D eigenvalue weighted by Crippen LogP contribution is -2.11. The smallest absolute Gasteiger partial charge is 0.165 e. The fourth-order valence-electron chi connectivity index (χ4n) is 8.66. The van der Waals surface area contributed by atoms with Crippen LogP contribution in [-0.2, 0) is 0 Å². The summed E-state index contributed by atoms with van der Waals surface area (Å²) in [5.74, 6) is 2.13. The fourth-order valence-corrected chi connectivity index (χ4v) is 10.0. The number of thioether (sulfide) groups is 1. The van der Waals surface area contributed by atoms with E-state index in [2.05, 4.69) is 140 Å². The van der Waals surface area contributed by atoms with Crippen molar-refractivity contribution in [1.82, 2.24) is 15.0 Å². The van der Waals surface area contributed by atoms with Crippen LogP contribution in [0.15, 0.2) is 190 Å². The second-order valence-electron chi connectivity index (χ2n) is 14.6. The second kappa shape index (κ2) is 12.8. The van der Waals surface area contributed by atoms with Gasteiger partial charge >= 0.3 is 0 Å². The average Bonchev–Trinajstić information content (AvgIpc) is 3.97. The van der Waals surface area contributed by atoms with E-state index in [1.165, 1.54) is 10.5 Å². The summed E-state index contributed by atoms with van der Waals surface area (Å²) in [7, 11) is 0. The maximum atomic E-state index is 6.53. The Hall–Kier alpha value is -7.02. The lowest BCUT2D eigenvalue weighted by atomic mass is 9.90. The van der Waals surface area contributed by atoms with Crippen molar-refractivity contribution in [3.8, 4) is 45.0 Å². The van der Waals surface area contributed by atoms with Crippen LogP contribution in [0.1, 0.15) is 17.3 Å². The molecule has 7 aromatic carbocycles. The van der Waals surface area contributed by atoms with Crippen LogP contribution in [-0.4, -0.2) is 20.2 Å². The summed E-state index contributed by atoms with van der Waals surface area (Å²) in [5.41, 5.74) is 11.7. The molecule has 0 saturated carbocycles. The largest absolute Gasteiger partial charge is 0.456 e. The van der Waals surface area contributed by atoms with E-state index in [0.29, 0.717) is 23.4 Å². The minimum atomic E-state index is 0.250. The molecule has 5 nitrogen and oxygen atoms in total. The van der Waals surface area contributed by atoms with Gasteiger partial charge in [0.15, 0.2) is 17.5 Å². The molecule has 12 rings (SSSR count). The van der Waals surface area contributed by atoms with Gasteiger partial charge in [0.05, 0.1) is 0 Å². The van der Waals surface area contributed by atoms with E-state index in [4.69, 9.17) is 23.8 Å². The van der Waals surface area contributed by atoms with Crippen LogP contribution in [0.2, 0.25) is 0 Å². The molecule has 4 heterocycles. The van der Waals surface area contributed by atoms with Crippen molar-refractivity contribution in [3.05, 3.63) is 187 Å². The number of para-hydroxylation sites is 2. The molecule has 0 radical (unpaired) electrons. The molecule has 2 atom stereocenters. The number of hydrogen-bond donors (Lipinski definition) is 0. The highest BCUT2D eigenvalue weighted by molar-refractivity contribution is 8.00. The van der Waals surface area contributed by atoms with Crippen molar-refractivity contribution in [2.75, 3.05) is 0 Å². The van der Waals surface area contributed by atoms with Gasteiger partial charge in [0.1, 0.15) is 22.3 Å². The first-order valence-corrected chi connectivity index (χ1v) is 20.0. The van der Waals surface area contributed by atoms with Crippen molar-refractivity contribution in [3.63, 3.8) is 0 Å². The van der Waals surface area contributed by atoms with Gasteiger partial charge in [-0.25, -0.2) is 15.0 Å². The van der Waals surface area contributed by atoms with Gasteiger partial charge < -0.3 is 8.83 Å². The Balaban J connectivity index is 1.12. The van der Waals surface area contributed by atoms with Crippen LogP contribution < -0.4 is 0 Å². The highest BCUT2D eigenvalue weighted by Gasteiger charge is 2.33. The fraction of sp³-hybridized carbons (Fsp3) is 0.0392. The lowest BCUT2D eigenvalue weighted by molar-refractivity contribution is 0.669. The van der Waals surface area contributed by atoms with Crippen molar-refractivity contribution in [1.29, 1.82) is 0 Å². The molecule has 6 heteroatoms. The minimum absolute atomic E-state index is 0.250. The van der Waals surface area contributed by atoms with Crippen LogP contribution in [0, 0.1) is 0 Å². The monoisotopic (exact) mass is 749 g/mol. The number of benzene rings is 7. The third kappa shape index (κ3) is 5.21. The molecular weight excluding hydrogens is 719 g/mol. The Morgan fingerprint density at radius 2 is 1.09 bits per heavy atom. The minimum Gasteiger partial charge on any atom is -0.456 e. The average molecular weight is 750 g/mol. The zero-order valence-corrected chi connectivity index (χ0v) is 31.3. The molecule has 57 heavy (non-hydrogen) atoms. The van der Waals surface area contributed by atoms with Gasteiger partial charge in [-0.2, -0.15) is 0 Å². The molecule has 0 spiro atoms. The van der Waals surface area contributed by atoms with Crippen LogP contribution in [0.5, 0.6) is 0 Å². The Morgan fingerprint density at radius 3 is 1.91 bits per heavy atom.